The molecular formula is C24H26N4O4S. The summed E-state index contributed by atoms with van der Waals surface area (Å²) in [4.78, 5) is -0.313. The van der Waals surface area contributed by atoms with Gasteiger partial charge in [0.2, 0.25) is 9.84 Å². The van der Waals surface area contributed by atoms with E-state index in [-0.39, 0.29) is 32.7 Å². The largest absolute Gasteiger partial charge is 0.466 e. The topological polar surface area (TPSA) is 157 Å². The van der Waals surface area contributed by atoms with Crippen LogP contribution in [-0.4, -0.2) is 19.9 Å². The smallest absolute Gasteiger partial charge is 0.214 e. The van der Waals surface area contributed by atoms with Gasteiger partial charge in [0.1, 0.15) is 9.79 Å². The Morgan fingerprint density at radius 3 is 1.48 bits per heavy atom. The quantitative estimate of drug-likeness (QED) is 0.374. The molecule has 0 aliphatic heterocycles. The first-order valence-corrected chi connectivity index (χ1v) is 11.8. The minimum Gasteiger partial charge on any atom is -0.466 e. The highest BCUT2D eigenvalue weighted by Crippen LogP contribution is 2.42. The summed E-state index contributed by atoms with van der Waals surface area (Å²) in [5.41, 5.74) is 22.7. The van der Waals surface area contributed by atoms with Crippen LogP contribution in [0.25, 0.3) is 0 Å². The number of nitrogens with two attached hydrogens (primary N) is 4. The summed E-state index contributed by atoms with van der Waals surface area (Å²) < 4.78 is 39.7. The molecule has 2 unspecified atom stereocenters. The van der Waals surface area contributed by atoms with Crippen LogP contribution in [0.5, 0.6) is 11.5 Å². The summed E-state index contributed by atoms with van der Waals surface area (Å²) in [6.45, 7) is 0. The van der Waals surface area contributed by atoms with Crippen LogP contribution in [0, 0.1) is 0 Å². The maximum Gasteiger partial charge on any atom is 0.214 e. The molecule has 0 aromatic heterocycles. The number of hydrogen-bond acceptors (Lipinski definition) is 8. The lowest BCUT2D eigenvalue weighted by Crippen LogP contribution is -2.44. The van der Waals surface area contributed by atoms with Gasteiger partial charge in [-0.1, -0.05) is 48.6 Å². The number of ether oxygens (including phenoxy) is 2. The molecule has 0 radical (unpaired) electrons. The second-order valence-corrected chi connectivity index (χ2v) is 9.84. The zero-order chi connectivity index (χ0) is 23.7. The Labute approximate surface area is 192 Å². The molecule has 8 nitrogen and oxygen atoms in total. The lowest BCUT2D eigenvalue weighted by Gasteiger charge is -2.30. The van der Waals surface area contributed by atoms with Gasteiger partial charge in [-0.2, -0.15) is 0 Å². The van der Waals surface area contributed by atoms with Crippen molar-refractivity contribution >= 4 is 21.2 Å². The van der Waals surface area contributed by atoms with E-state index in [0.29, 0.717) is 12.8 Å². The van der Waals surface area contributed by atoms with Gasteiger partial charge in [0.25, 0.3) is 0 Å². The molecule has 0 saturated carbocycles. The molecule has 2 aromatic carbocycles. The Morgan fingerprint density at radius 1 is 0.697 bits per heavy atom. The monoisotopic (exact) mass is 466 g/mol. The van der Waals surface area contributed by atoms with Crippen LogP contribution >= 0.6 is 0 Å². The zero-order valence-electron chi connectivity index (χ0n) is 17.8. The van der Waals surface area contributed by atoms with E-state index < -0.39 is 21.3 Å². The normalized spacial score (nSPS) is 24.1. The van der Waals surface area contributed by atoms with E-state index in [1.807, 2.05) is 24.3 Å². The van der Waals surface area contributed by atoms with Gasteiger partial charge in [0, 0.05) is 12.8 Å². The summed E-state index contributed by atoms with van der Waals surface area (Å²) >= 11 is 0. The third-order valence-corrected chi connectivity index (χ3v) is 7.11. The number of anilines is 2. The molecule has 0 heterocycles. The van der Waals surface area contributed by atoms with Crippen molar-refractivity contribution in [2.24, 2.45) is 11.5 Å². The van der Waals surface area contributed by atoms with Gasteiger partial charge in [-0.3, -0.25) is 11.5 Å². The maximum atomic E-state index is 13.9. The molecule has 2 aromatic rings. The van der Waals surface area contributed by atoms with Crippen LogP contribution in [0.3, 0.4) is 0 Å². The molecule has 0 bridgehead atoms. The van der Waals surface area contributed by atoms with Gasteiger partial charge in [0.05, 0.1) is 11.4 Å². The first-order valence-electron chi connectivity index (χ1n) is 10.3. The van der Waals surface area contributed by atoms with Crippen LogP contribution in [-0.2, 0) is 9.84 Å². The highest BCUT2D eigenvalue weighted by atomic mass is 32.2. The minimum absolute atomic E-state index is 0.0451. The maximum absolute atomic E-state index is 13.9. The van der Waals surface area contributed by atoms with E-state index in [1.165, 1.54) is 24.3 Å². The van der Waals surface area contributed by atoms with E-state index in [1.54, 1.807) is 36.4 Å². The number of rotatable bonds is 6. The molecule has 4 rings (SSSR count). The van der Waals surface area contributed by atoms with Crippen LogP contribution in [0.4, 0.5) is 11.4 Å². The van der Waals surface area contributed by atoms with Crippen molar-refractivity contribution in [3.05, 3.63) is 85.0 Å². The molecule has 0 fully saturated rings. The molecule has 8 N–H and O–H groups in total. The fraction of sp³-hybridized carbons (Fsp3) is 0.167. The van der Waals surface area contributed by atoms with Gasteiger partial charge in [-0.25, -0.2) is 8.42 Å². The van der Waals surface area contributed by atoms with Crippen LogP contribution < -0.4 is 32.4 Å². The van der Waals surface area contributed by atoms with Crippen molar-refractivity contribution in [3.63, 3.8) is 0 Å². The first kappa shape index (κ1) is 22.7. The van der Waals surface area contributed by atoms with Gasteiger partial charge in [-0.15, -0.1) is 0 Å². The predicted molar refractivity (Wildman–Crippen MR) is 128 cm³/mol. The first-order chi connectivity index (χ1) is 15.6. The van der Waals surface area contributed by atoms with Gasteiger partial charge in [-0.05, 0) is 36.4 Å². The van der Waals surface area contributed by atoms with Gasteiger partial charge < -0.3 is 20.9 Å². The number of benzene rings is 2. The average Bonchev–Trinajstić information content (AvgIpc) is 2.77. The van der Waals surface area contributed by atoms with E-state index >= 15 is 0 Å². The van der Waals surface area contributed by atoms with Gasteiger partial charge >= 0.3 is 0 Å². The number of sulfone groups is 1. The molecule has 33 heavy (non-hydrogen) atoms. The highest BCUT2D eigenvalue weighted by Gasteiger charge is 2.34. The zero-order valence-corrected chi connectivity index (χ0v) is 18.7. The lowest BCUT2D eigenvalue weighted by molar-refractivity contribution is 0.125. The van der Waals surface area contributed by atoms with Crippen molar-refractivity contribution in [2.75, 3.05) is 11.5 Å². The van der Waals surface area contributed by atoms with Crippen molar-refractivity contribution in [2.45, 2.75) is 34.1 Å². The Balaban J connectivity index is 1.81. The average molecular weight is 467 g/mol. The van der Waals surface area contributed by atoms with Crippen LogP contribution in [0.2, 0.25) is 0 Å². The number of hydrogen-bond donors (Lipinski definition) is 4. The molecule has 0 saturated heterocycles. The summed E-state index contributed by atoms with van der Waals surface area (Å²) in [6, 6.07) is 8.96. The Morgan fingerprint density at radius 2 is 1.12 bits per heavy atom. The molecule has 172 valence electrons. The molecule has 0 amide bonds. The molecule has 2 aliphatic carbocycles. The third kappa shape index (κ3) is 4.51. The second-order valence-electron chi connectivity index (χ2n) is 7.95. The lowest BCUT2D eigenvalue weighted by atomic mass is 10.1. The SMILES string of the molecule is Nc1cccc(S(=O)(=O)c2cccc(N)c2OC2(N)C=CC=CC2)c1OC1(N)C=CC=CC1. The summed E-state index contributed by atoms with van der Waals surface area (Å²) in [7, 11) is -4.21. The van der Waals surface area contributed by atoms with E-state index in [0.717, 1.165) is 0 Å². The molecule has 2 aliphatic rings. The standard InChI is InChI=1S/C24H26N4O4S/c25-17-9-7-11-19(21(17)31-23(27)13-3-1-4-14-23)33(29,30)20-12-8-10-18(26)22(20)32-24(28)15-5-2-6-16-24/h1-13,15H,14,16,25-28H2. The Bertz CT molecular complexity index is 1210. The highest BCUT2D eigenvalue weighted by molar-refractivity contribution is 7.91. The Hall–Kier alpha value is -3.53. The molecule has 9 heteroatoms. The number of nitrogen functional groups attached to an aromatic ring is 2. The van der Waals surface area contributed by atoms with Crippen LogP contribution in [0.1, 0.15) is 12.8 Å². The fourth-order valence-corrected chi connectivity index (χ4v) is 5.15. The second kappa shape index (κ2) is 8.43. The van der Waals surface area contributed by atoms with Crippen molar-refractivity contribution in [1.82, 2.24) is 0 Å². The van der Waals surface area contributed by atoms with Crippen LogP contribution in [0.15, 0.2) is 94.8 Å². The Kier molecular flexibility index (Phi) is 5.79. The van der Waals surface area contributed by atoms with E-state index in [2.05, 4.69) is 0 Å². The molecular weight excluding hydrogens is 440 g/mol. The summed E-state index contributed by atoms with van der Waals surface area (Å²) in [5, 5.41) is 0. The minimum atomic E-state index is -4.21. The van der Waals surface area contributed by atoms with Gasteiger partial charge in [0.15, 0.2) is 22.9 Å². The molecule has 2 atom stereocenters. The van der Waals surface area contributed by atoms with Crippen molar-refractivity contribution in [3.8, 4) is 11.5 Å². The summed E-state index contributed by atoms with van der Waals surface area (Å²) in [6.07, 6.45) is 14.7. The number of para-hydroxylation sites is 2. The van der Waals surface area contributed by atoms with Crippen molar-refractivity contribution < 1.29 is 17.9 Å². The third-order valence-electron chi connectivity index (χ3n) is 5.31. The van der Waals surface area contributed by atoms with E-state index in [9.17, 15) is 8.42 Å². The summed E-state index contributed by atoms with van der Waals surface area (Å²) in [5.74, 6) is -0.0902. The molecule has 0 spiro atoms. The number of allylic oxidation sites excluding steroid dienone is 4. The van der Waals surface area contributed by atoms with Crippen molar-refractivity contribution in [1.29, 1.82) is 0 Å². The van der Waals surface area contributed by atoms with E-state index in [4.69, 9.17) is 32.4 Å². The fourth-order valence-electron chi connectivity index (χ4n) is 3.59. The predicted octanol–water partition coefficient (Wildman–Crippen LogP) is 2.78.